The molecule has 1 saturated carbocycles. The lowest BCUT2D eigenvalue weighted by atomic mass is 9.50. The fourth-order valence-electron chi connectivity index (χ4n) is 9.10. The number of ether oxygens (including phenoxy) is 1. The number of nitrogens with zero attached hydrogens (tertiary/aromatic N) is 4. The van der Waals surface area contributed by atoms with Crippen LogP contribution in [0.2, 0.25) is 10.0 Å². The average molecular weight is 851 g/mol. The van der Waals surface area contributed by atoms with Crippen LogP contribution in [-0.2, 0) is 30.8 Å². The molecule has 0 spiro atoms. The van der Waals surface area contributed by atoms with Crippen LogP contribution in [0.3, 0.4) is 0 Å². The second kappa shape index (κ2) is 14.7. The van der Waals surface area contributed by atoms with Crippen LogP contribution in [0.5, 0.6) is 11.5 Å². The van der Waals surface area contributed by atoms with E-state index < -0.39 is 82.1 Å². The number of aromatic nitrogens is 1. The molecule has 2 aliphatic carbocycles. The molecule has 1 aromatic heterocycles. The topological polar surface area (TPSA) is 132 Å². The number of imide groups is 2. The standard InChI is InChI=1S/C42H33Cl2F4N5O6/c1-51(36-31(44)16-18-34(49-36)42(46,47)48)53-37(55)27-14-13-26-28(35(27)39(53)57)20-30-38(56)52(50-25-11-9-24(45)10-12-25)40(58)41(30,22-5-7-23(43)8-6-22)29(26)15-3-21-4-17-32(54)33(19-21)59-2/h3-13,15-19,27-30,35,50,54H,14,20H2,1-2H3. The van der Waals surface area contributed by atoms with Gasteiger partial charge in [0.05, 0.1) is 41.0 Å². The number of fused-ring (bicyclic) bond motifs is 4. The highest BCUT2D eigenvalue weighted by atomic mass is 35.5. The van der Waals surface area contributed by atoms with Crippen molar-refractivity contribution in [3.05, 3.63) is 129 Å². The summed E-state index contributed by atoms with van der Waals surface area (Å²) in [6.07, 6.45) is 0.336. The summed E-state index contributed by atoms with van der Waals surface area (Å²) in [5, 5.41) is 13.0. The molecule has 4 amide bonds. The van der Waals surface area contributed by atoms with Gasteiger partial charge in [0.2, 0.25) is 0 Å². The number of carbonyl (C=O) groups is 4. The lowest BCUT2D eigenvalue weighted by Crippen LogP contribution is -2.54. The lowest BCUT2D eigenvalue weighted by Gasteiger charge is -2.49. The maximum absolute atomic E-state index is 15.2. The Bertz CT molecular complexity index is 2460. The Kier molecular flexibility index (Phi) is 9.94. The van der Waals surface area contributed by atoms with Crippen LogP contribution >= 0.6 is 23.2 Å². The Balaban J connectivity index is 1.27. The van der Waals surface area contributed by atoms with Crippen molar-refractivity contribution in [1.82, 2.24) is 15.0 Å². The molecule has 2 saturated heterocycles. The van der Waals surface area contributed by atoms with Crippen molar-refractivity contribution >= 4 is 64.4 Å². The molecule has 3 heterocycles. The van der Waals surface area contributed by atoms with Crippen LogP contribution in [0, 0.1) is 35.4 Å². The van der Waals surface area contributed by atoms with Crippen molar-refractivity contribution in [2.75, 3.05) is 24.6 Å². The Morgan fingerprint density at radius 1 is 0.949 bits per heavy atom. The van der Waals surface area contributed by atoms with Crippen molar-refractivity contribution in [2.24, 2.45) is 29.6 Å². The summed E-state index contributed by atoms with van der Waals surface area (Å²) in [4.78, 5) is 62.5. The number of hydrazine groups is 2. The number of rotatable bonds is 8. The number of benzene rings is 3. The van der Waals surface area contributed by atoms with Crippen LogP contribution in [0.4, 0.5) is 29.1 Å². The summed E-state index contributed by atoms with van der Waals surface area (Å²) in [6, 6.07) is 17.9. The minimum atomic E-state index is -4.84. The third kappa shape index (κ3) is 6.47. The van der Waals surface area contributed by atoms with Gasteiger partial charge in [0.25, 0.3) is 23.6 Å². The van der Waals surface area contributed by atoms with E-state index in [1.807, 2.05) is 0 Å². The van der Waals surface area contributed by atoms with Gasteiger partial charge < -0.3 is 9.84 Å². The number of anilines is 2. The maximum atomic E-state index is 15.2. The first-order valence-electron chi connectivity index (χ1n) is 18.3. The Labute approximate surface area is 344 Å². The van der Waals surface area contributed by atoms with E-state index in [9.17, 15) is 37.1 Å². The number of phenols is 1. The van der Waals surface area contributed by atoms with Crippen LogP contribution in [0.15, 0.2) is 96.6 Å². The number of methoxy groups -OCH3 is 1. The van der Waals surface area contributed by atoms with Gasteiger partial charge in [-0.05, 0) is 90.6 Å². The third-order valence-electron chi connectivity index (χ3n) is 11.7. The highest BCUT2D eigenvalue weighted by molar-refractivity contribution is 6.33. The molecule has 17 heteroatoms. The third-order valence-corrected chi connectivity index (χ3v) is 12.3. The number of amides is 4. The molecule has 59 heavy (non-hydrogen) atoms. The average Bonchev–Trinajstić information content (AvgIpc) is 3.59. The molecule has 0 radical (unpaired) electrons. The number of hydrogen-bond acceptors (Lipinski definition) is 9. The molecule has 3 fully saturated rings. The number of hydrogen-bond donors (Lipinski definition) is 2. The van der Waals surface area contributed by atoms with Gasteiger partial charge in [-0.15, -0.1) is 0 Å². The first kappa shape index (κ1) is 39.9. The van der Waals surface area contributed by atoms with Gasteiger partial charge in [0.1, 0.15) is 11.5 Å². The number of halogens is 6. The predicted molar refractivity (Wildman–Crippen MR) is 208 cm³/mol. The van der Waals surface area contributed by atoms with Gasteiger partial charge in [-0.25, -0.2) is 9.37 Å². The number of nitrogens with one attached hydrogen (secondary N) is 1. The molecule has 3 aromatic carbocycles. The first-order chi connectivity index (χ1) is 28.1. The SMILES string of the molecule is COc1cc(C=CC2C3=CCC4C(=O)N(N(C)c5nc(C(F)(F)F)ccc5Cl)C(=O)C4C3CC3C(=O)N(Nc4ccc(F)cc4)C(=O)C23c2ccc(Cl)cc2)ccc1O. The van der Waals surface area contributed by atoms with E-state index in [-0.39, 0.29) is 35.1 Å². The second-order valence-electron chi connectivity index (χ2n) is 14.7. The molecule has 304 valence electrons. The molecule has 6 unspecified atom stereocenters. The van der Waals surface area contributed by atoms with E-state index in [0.29, 0.717) is 27.8 Å². The molecule has 2 aliphatic heterocycles. The quantitative estimate of drug-likeness (QED) is 0.103. The Morgan fingerprint density at radius 2 is 1.66 bits per heavy atom. The summed E-state index contributed by atoms with van der Waals surface area (Å²) in [5.74, 6) is -8.64. The Hall–Kier alpha value is -5.93. The normalized spacial score (nSPS) is 25.2. The molecular weight excluding hydrogens is 817 g/mol. The minimum absolute atomic E-state index is 0.0214. The number of aromatic hydroxyl groups is 1. The first-order valence-corrected chi connectivity index (χ1v) is 19.1. The van der Waals surface area contributed by atoms with Crippen LogP contribution < -0.4 is 15.2 Å². The summed E-state index contributed by atoms with van der Waals surface area (Å²) in [6.45, 7) is 0. The van der Waals surface area contributed by atoms with Crippen LogP contribution in [-0.4, -0.2) is 57.9 Å². The van der Waals surface area contributed by atoms with Crippen molar-refractivity contribution in [1.29, 1.82) is 0 Å². The van der Waals surface area contributed by atoms with Crippen molar-refractivity contribution in [3.63, 3.8) is 0 Å². The highest BCUT2D eigenvalue weighted by Crippen LogP contribution is 2.61. The zero-order valence-corrected chi connectivity index (χ0v) is 32.6. The van der Waals surface area contributed by atoms with E-state index >= 15 is 4.79 Å². The highest BCUT2D eigenvalue weighted by Gasteiger charge is 2.70. The maximum Gasteiger partial charge on any atom is 0.433 e. The number of carbonyl (C=O) groups excluding carboxylic acids is 4. The van der Waals surface area contributed by atoms with Crippen molar-refractivity contribution < 1.29 is 46.6 Å². The number of alkyl halides is 3. The molecule has 2 N–H and O–H groups in total. The van der Waals surface area contributed by atoms with Gasteiger partial charge in [-0.2, -0.15) is 23.2 Å². The largest absolute Gasteiger partial charge is 0.504 e. The van der Waals surface area contributed by atoms with E-state index in [1.54, 1.807) is 54.6 Å². The summed E-state index contributed by atoms with van der Waals surface area (Å²) >= 11 is 12.6. The molecule has 0 bridgehead atoms. The molecule has 8 rings (SSSR count). The van der Waals surface area contributed by atoms with Gasteiger partial charge in [-0.3, -0.25) is 29.6 Å². The molecule has 4 aliphatic rings. The van der Waals surface area contributed by atoms with Crippen molar-refractivity contribution in [3.8, 4) is 11.5 Å². The predicted octanol–water partition coefficient (Wildman–Crippen LogP) is 7.84. The van der Waals surface area contributed by atoms with Gasteiger partial charge >= 0.3 is 6.18 Å². The van der Waals surface area contributed by atoms with E-state index in [2.05, 4.69) is 10.4 Å². The van der Waals surface area contributed by atoms with Crippen LogP contribution in [0.1, 0.15) is 29.7 Å². The molecular formula is C42H33Cl2F4N5O6. The second-order valence-corrected chi connectivity index (χ2v) is 15.6. The fourth-order valence-corrected chi connectivity index (χ4v) is 9.45. The van der Waals surface area contributed by atoms with Gasteiger partial charge in [0.15, 0.2) is 17.3 Å². The molecule has 4 aromatic rings. The number of pyridine rings is 1. The Morgan fingerprint density at radius 3 is 2.34 bits per heavy atom. The van der Waals surface area contributed by atoms with E-state index in [4.69, 9.17) is 27.9 Å². The smallest absolute Gasteiger partial charge is 0.433 e. The van der Waals surface area contributed by atoms with Crippen LogP contribution in [0.25, 0.3) is 6.08 Å². The summed E-state index contributed by atoms with van der Waals surface area (Å²) in [5.41, 5.74) is 1.77. The van der Waals surface area contributed by atoms with E-state index in [1.165, 1.54) is 44.5 Å². The zero-order valence-electron chi connectivity index (χ0n) is 31.1. The minimum Gasteiger partial charge on any atom is -0.504 e. The number of allylic oxidation sites excluding steroid dienone is 3. The molecule has 11 nitrogen and oxygen atoms in total. The van der Waals surface area contributed by atoms with Gasteiger partial charge in [0, 0.05) is 18.0 Å². The van der Waals surface area contributed by atoms with E-state index in [0.717, 1.165) is 21.1 Å². The fraction of sp³-hybridized carbons (Fsp3) is 0.262. The lowest BCUT2D eigenvalue weighted by molar-refractivity contribution is -0.142. The molecule has 6 atom stereocenters. The summed E-state index contributed by atoms with van der Waals surface area (Å²) < 4.78 is 60.3. The number of phenolic OH excluding ortho intramolecular Hbond substituents is 1. The zero-order chi connectivity index (χ0) is 42.1. The summed E-state index contributed by atoms with van der Waals surface area (Å²) in [7, 11) is 2.61. The van der Waals surface area contributed by atoms with Crippen molar-refractivity contribution in [2.45, 2.75) is 24.4 Å². The monoisotopic (exact) mass is 849 g/mol. The van der Waals surface area contributed by atoms with Gasteiger partial charge in [-0.1, -0.05) is 65.2 Å².